The van der Waals surface area contributed by atoms with E-state index in [1.54, 1.807) is 6.92 Å². The molecule has 0 spiro atoms. The first-order valence-corrected chi connectivity index (χ1v) is 9.77. The minimum absolute atomic E-state index is 0.0277. The summed E-state index contributed by atoms with van der Waals surface area (Å²) in [4.78, 5) is 25.1. The standard InChI is InChI=1S/C23H17ClF4N2O2/c1-12-2-3-13(23(32)29-11-21(27)28)8-17(12)22(31)16-6-5-15(10-18(16)24)30-20-7-4-14(25)9-19(20)26/h2-10,21,30H,11H2,1H3,(H,29,32). The average molecular weight is 465 g/mol. The molecule has 0 bridgehead atoms. The number of rotatable bonds is 7. The summed E-state index contributed by atoms with van der Waals surface area (Å²) in [5.41, 5.74) is 1.33. The molecular weight excluding hydrogens is 448 g/mol. The molecule has 0 saturated heterocycles. The zero-order valence-electron chi connectivity index (χ0n) is 16.7. The summed E-state index contributed by atoms with van der Waals surface area (Å²) in [6.45, 7) is 0.861. The number of carbonyl (C=O) groups excluding carboxylic acids is 2. The van der Waals surface area contributed by atoms with Crippen LogP contribution in [0.15, 0.2) is 54.6 Å². The van der Waals surface area contributed by atoms with E-state index in [-0.39, 0.29) is 27.4 Å². The molecule has 0 unspecified atom stereocenters. The van der Waals surface area contributed by atoms with Gasteiger partial charge in [-0.15, -0.1) is 0 Å². The normalized spacial score (nSPS) is 10.8. The smallest absolute Gasteiger partial charge is 0.255 e. The van der Waals surface area contributed by atoms with Gasteiger partial charge in [0, 0.05) is 28.4 Å². The van der Waals surface area contributed by atoms with Crippen molar-refractivity contribution in [2.24, 2.45) is 0 Å². The number of benzene rings is 3. The van der Waals surface area contributed by atoms with Crippen molar-refractivity contribution < 1.29 is 27.2 Å². The molecule has 0 fully saturated rings. The number of ketones is 1. The molecule has 1 amide bonds. The minimum atomic E-state index is -2.69. The van der Waals surface area contributed by atoms with Gasteiger partial charge in [0.2, 0.25) is 0 Å². The SMILES string of the molecule is Cc1ccc(C(=O)NCC(F)F)cc1C(=O)c1ccc(Nc2ccc(F)cc2F)cc1Cl. The van der Waals surface area contributed by atoms with Crippen LogP contribution < -0.4 is 10.6 Å². The molecule has 0 aromatic heterocycles. The van der Waals surface area contributed by atoms with Crippen molar-refractivity contribution in [3.63, 3.8) is 0 Å². The molecule has 0 radical (unpaired) electrons. The first-order chi connectivity index (χ1) is 15.2. The third kappa shape index (κ3) is 5.45. The predicted octanol–water partition coefficient (Wildman–Crippen LogP) is 5.90. The lowest BCUT2D eigenvalue weighted by atomic mass is 9.96. The number of hydrogen-bond acceptors (Lipinski definition) is 3. The maximum absolute atomic E-state index is 13.8. The van der Waals surface area contributed by atoms with E-state index >= 15 is 0 Å². The van der Waals surface area contributed by atoms with Crippen molar-refractivity contribution in [1.82, 2.24) is 5.32 Å². The molecule has 4 nitrogen and oxygen atoms in total. The van der Waals surface area contributed by atoms with Crippen LogP contribution in [0, 0.1) is 18.6 Å². The molecule has 3 aromatic rings. The number of amides is 1. The van der Waals surface area contributed by atoms with Crippen molar-refractivity contribution in [2.75, 3.05) is 11.9 Å². The number of nitrogens with one attached hydrogen (secondary N) is 2. The monoisotopic (exact) mass is 464 g/mol. The summed E-state index contributed by atoms with van der Waals surface area (Å²) in [5.74, 6) is -2.71. The Hall–Kier alpha value is -3.39. The first-order valence-electron chi connectivity index (χ1n) is 9.39. The molecular formula is C23H17ClF4N2O2. The summed E-state index contributed by atoms with van der Waals surface area (Å²) < 4.78 is 51.6. The maximum atomic E-state index is 13.8. The molecule has 0 aliphatic carbocycles. The van der Waals surface area contributed by atoms with Gasteiger partial charge in [0.1, 0.15) is 11.6 Å². The Morgan fingerprint density at radius 2 is 1.72 bits per heavy atom. The molecule has 9 heteroatoms. The Morgan fingerprint density at radius 3 is 2.38 bits per heavy atom. The number of halogens is 5. The average Bonchev–Trinajstić information content (AvgIpc) is 2.74. The zero-order valence-corrected chi connectivity index (χ0v) is 17.4. The second-order valence-electron chi connectivity index (χ2n) is 6.90. The lowest BCUT2D eigenvalue weighted by Crippen LogP contribution is -2.28. The molecule has 3 aromatic carbocycles. The topological polar surface area (TPSA) is 58.2 Å². The van der Waals surface area contributed by atoms with Gasteiger partial charge in [-0.1, -0.05) is 17.7 Å². The highest BCUT2D eigenvalue weighted by Gasteiger charge is 2.18. The predicted molar refractivity (Wildman–Crippen MR) is 114 cm³/mol. The maximum Gasteiger partial charge on any atom is 0.255 e. The van der Waals surface area contributed by atoms with Crippen LogP contribution in [-0.4, -0.2) is 24.7 Å². The second-order valence-corrected chi connectivity index (χ2v) is 7.31. The molecule has 2 N–H and O–H groups in total. The molecule has 0 atom stereocenters. The van der Waals surface area contributed by atoms with E-state index in [1.165, 1.54) is 42.5 Å². The summed E-state index contributed by atoms with van der Waals surface area (Å²) in [6.07, 6.45) is -2.69. The number of aryl methyl sites for hydroxylation is 1. The van der Waals surface area contributed by atoms with E-state index in [9.17, 15) is 27.2 Å². The van der Waals surface area contributed by atoms with Crippen LogP contribution in [0.3, 0.4) is 0 Å². The van der Waals surface area contributed by atoms with Crippen LogP contribution in [-0.2, 0) is 0 Å². The van der Waals surface area contributed by atoms with Gasteiger partial charge in [0.05, 0.1) is 17.3 Å². The molecule has 3 rings (SSSR count). The van der Waals surface area contributed by atoms with Crippen LogP contribution >= 0.6 is 11.6 Å². The molecule has 32 heavy (non-hydrogen) atoms. The second kappa shape index (κ2) is 9.82. The van der Waals surface area contributed by atoms with Crippen LogP contribution in [0.1, 0.15) is 31.8 Å². The number of carbonyl (C=O) groups is 2. The third-order valence-electron chi connectivity index (χ3n) is 4.59. The Labute approximate surface area is 186 Å². The van der Waals surface area contributed by atoms with Crippen molar-refractivity contribution in [1.29, 1.82) is 0 Å². The Kier molecular flexibility index (Phi) is 7.15. The Bertz CT molecular complexity index is 1180. The van der Waals surface area contributed by atoms with Gasteiger partial charge in [-0.2, -0.15) is 0 Å². The summed E-state index contributed by atoms with van der Waals surface area (Å²) >= 11 is 6.27. The van der Waals surface area contributed by atoms with E-state index in [1.807, 2.05) is 0 Å². The summed E-state index contributed by atoms with van der Waals surface area (Å²) in [6, 6.07) is 11.7. The fourth-order valence-corrected chi connectivity index (χ4v) is 3.21. The lowest BCUT2D eigenvalue weighted by molar-refractivity contribution is 0.0891. The van der Waals surface area contributed by atoms with Crippen molar-refractivity contribution in [2.45, 2.75) is 13.3 Å². The third-order valence-corrected chi connectivity index (χ3v) is 4.90. The van der Waals surface area contributed by atoms with E-state index in [4.69, 9.17) is 11.6 Å². The van der Waals surface area contributed by atoms with E-state index in [2.05, 4.69) is 10.6 Å². The fourth-order valence-electron chi connectivity index (χ4n) is 2.95. The van der Waals surface area contributed by atoms with E-state index in [0.29, 0.717) is 11.3 Å². The van der Waals surface area contributed by atoms with Gasteiger partial charge in [0.15, 0.2) is 5.78 Å². The van der Waals surface area contributed by atoms with Crippen molar-refractivity contribution >= 4 is 34.7 Å². The highest BCUT2D eigenvalue weighted by molar-refractivity contribution is 6.35. The van der Waals surface area contributed by atoms with Gasteiger partial charge in [0.25, 0.3) is 12.3 Å². The zero-order chi connectivity index (χ0) is 23.4. The van der Waals surface area contributed by atoms with Gasteiger partial charge >= 0.3 is 0 Å². The van der Waals surface area contributed by atoms with Gasteiger partial charge in [-0.3, -0.25) is 9.59 Å². The van der Waals surface area contributed by atoms with Crippen LogP contribution in [0.5, 0.6) is 0 Å². The van der Waals surface area contributed by atoms with Crippen LogP contribution in [0.2, 0.25) is 5.02 Å². The summed E-state index contributed by atoms with van der Waals surface area (Å²) in [7, 11) is 0. The Balaban J connectivity index is 1.84. The van der Waals surface area contributed by atoms with E-state index in [0.717, 1.165) is 12.1 Å². The minimum Gasteiger partial charge on any atom is -0.353 e. The first kappa shape index (κ1) is 23.3. The summed E-state index contributed by atoms with van der Waals surface area (Å²) in [5, 5.41) is 4.90. The highest BCUT2D eigenvalue weighted by Crippen LogP contribution is 2.28. The number of hydrogen-bond donors (Lipinski definition) is 2. The van der Waals surface area contributed by atoms with Crippen LogP contribution in [0.25, 0.3) is 0 Å². The molecule has 0 saturated carbocycles. The fraction of sp³-hybridized carbons (Fsp3) is 0.130. The Morgan fingerprint density at radius 1 is 0.969 bits per heavy atom. The number of alkyl halides is 2. The molecule has 0 aliphatic heterocycles. The number of anilines is 2. The van der Waals surface area contributed by atoms with Gasteiger partial charge in [-0.05, 0) is 55.0 Å². The largest absolute Gasteiger partial charge is 0.353 e. The lowest BCUT2D eigenvalue weighted by Gasteiger charge is -2.12. The van der Waals surface area contributed by atoms with Crippen molar-refractivity contribution in [3.8, 4) is 0 Å². The molecule has 166 valence electrons. The van der Waals surface area contributed by atoms with Crippen molar-refractivity contribution in [3.05, 3.63) is 93.5 Å². The van der Waals surface area contributed by atoms with Crippen LogP contribution in [0.4, 0.5) is 28.9 Å². The molecule has 0 aliphatic rings. The highest BCUT2D eigenvalue weighted by atomic mass is 35.5. The quantitative estimate of drug-likeness (QED) is 0.338. The van der Waals surface area contributed by atoms with Gasteiger partial charge < -0.3 is 10.6 Å². The van der Waals surface area contributed by atoms with E-state index < -0.39 is 36.3 Å². The molecule has 0 heterocycles. The van der Waals surface area contributed by atoms with Gasteiger partial charge in [-0.25, -0.2) is 17.6 Å².